The SMILES string of the molecule is CCOC(=O)c1c(NC(=O)COC(=O)C=Cc2cn(C)c(=O)n(C)c2=O)sc2c1CCC(C)C2. The molecule has 0 bridgehead atoms. The fourth-order valence-electron chi connectivity index (χ4n) is 3.71. The Kier molecular flexibility index (Phi) is 7.87. The lowest BCUT2D eigenvalue weighted by Gasteiger charge is -2.18. The largest absolute Gasteiger partial charge is 0.462 e. The smallest absolute Gasteiger partial charge is 0.341 e. The van der Waals surface area contributed by atoms with Crippen molar-refractivity contribution in [1.29, 1.82) is 0 Å². The fraction of sp³-hybridized carbons (Fsp3) is 0.435. The van der Waals surface area contributed by atoms with Crippen molar-refractivity contribution >= 4 is 40.3 Å². The zero-order valence-electron chi connectivity index (χ0n) is 19.5. The van der Waals surface area contributed by atoms with E-state index in [1.54, 1.807) is 6.92 Å². The number of anilines is 1. The van der Waals surface area contributed by atoms with E-state index in [4.69, 9.17) is 9.47 Å². The molecule has 2 aromatic rings. The first-order valence-electron chi connectivity index (χ1n) is 10.8. The van der Waals surface area contributed by atoms with Gasteiger partial charge in [-0.25, -0.2) is 14.4 Å². The van der Waals surface area contributed by atoms with E-state index in [9.17, 15) is 24.0 Å². The molecule has 34 heavy (non-hydrogen) atoms. The summed E-state index contributed by atoms with van der Waals surface area (Å²) in [5.74, 6) is -1.43. The molecule has 0 aromatic carbocycles. The molecule has 1 aliphatic rings. The highest BCUT2D eigenvalue weighted by Crippen LogP contribution is 2.40. The van der Waals surface area contributed by atoms with Gasteiger partial charge in [0.1, 0.15) is 5.00 Å². The molecular weight excluding hydrogens is 462 g/mol. The number of rotatable bonds is 7. The predicted octanol–water partition coefficient (Wildman–Crippen LogP) is 1.64. The first-order chi connectivity index (χ1) is 16.1. The van der Waals surface area contributed by atoms with Crippen LogP contribution in [0.15, 0.2) is 21.9 Å². The highest BCUT2D eigenvalue weighted by Gasteiger charge is 2.29. The Morgan fingerprint density at radius 1 is 1.24 bits per heavy atom. The standard InChI is InChI=1S/C23H27N3O7S/c1-5-32-22(30)19-15-8-6-13(2)10-16(15)34-20(19)24-17(27)12-33-18(28)9-7-14-11-25(3)23(31)26(4)21(14)29/h7,9,11,13H,5-6,8,10,12H2,1-4H3,(H,24,27). The Morgan fingerprint density at radius 3 is 2.68 bits per heavy atom. The molecule has 0 saturated heterocycles. The monoisotopic (exact) mass is 489 g/mol. The molecule has 1 unspecified atom stereocenters. The number of nitrogens with one attached hydrogen (secondary N) is 1. The van der Waals surface area contributed by atoms with Gasteiger partial charge in [0.05, 0.1) is 17.7 Å². The fourth-order valence-corrected chi connectivity index (χ4v) is 5.13. The summed E-state index contributed by atoms with van der Waals surface area (Å²) in [4.78, 5) is 61.9. The van der Waals surface area contributed by atoms with Gasteiger partial charge in [-0.15, -0.1) is 11.3 Å². The minimum absolute atomic E-state index is 0.114. The summed E-state index contributed by atoms with van der Waals surface area (Å²) in [6.45, 7) is 3.50. The normalized spacial score (nSPS) is 15.1. The van der Waals surface area contributed by atoms with Crippen molar-refractivity contribution in [3.05, 3.63) is 54.7 Å². The number of carbonyl (C=O) groups excluding carboxylic acids is 3. The number of ether oxygens (including phenoxy) is 2. The van der Waals surface area contributed by atoms with E-state index >= 15 is 0 Å². The number of aromatic nitrogens is 2. The van der Waals surface area contributed by atoms with Gasteiger partial charge in [-0.3, -0.25) is 14.2 Å². The van der Waals surface area contributed by atoms with Gasteiger partial charge >= 0.3 is 17.6 Å². The Hall–Kier alpha value is -3.47. The number of thiophene rings is 1. The van der Waals surface area contributed by atoms with Crippen molar-refractivity contribution in [1.82, 2.24) is 9.13 Å². The van der Waals surface area contributed by atoms with Gasteiger partial charge in [0.2, 0.25) is 0 Å². The molecule has 2 aromatic heterocycles. The second kappa shape index (κ2) is 10.6. The summed E-state index contributed by atoms with van der Waals surface area (Å²) in [6, 6.07) is 0. The van der Waals surface area contributed by atoms with Gasteiger partial charge in [0.15, 0.2) is 6.61 Å². The third-order valence-electron chi connectivity index (χ3n) is 5.46. The highest BCUT2D eigenvalue weighted by atomic mass is 32.1. The number of esters is 2. The van der Waals surface area contributed by atoms with E-state index in [0.29, 0.717) is 16.5 Å². The predicted molar refractivity (Wildman–Crippen MR) is 127 cm³/mol. The summed E-state index contributed by atoms with van der Waals surface area (Å²) in [5, 5.41) is 3.06. The number of hydrogen-bond donors (Lipinski definition) is 1. The maximum absolute atomic E-state index is 12.5. The van der Waals surface area contributed by atoms with Crippen molar-refractivity contribution in [2.75, 3.05) is 18.5 Å². The van der Waals surface area contributed by atoms with Crippen molar-refractivity contribution in [2.45, 2.75) is 33.1 Å². The van der Waals surface area contributed by atoms with Gasteiger partial charge in [0, 0.05) is 31.2 Å². The third-order valence-corrected chi connectivity index (χ3v) is 6.63. The van der Waals surface area contributed by atoms with Crippen LogP contribution < -0.4 is 16.6 Å². The van der Waals surface area contributed by atoms with Crippen LogP contribution in [-0.2, 0) is 46.0 Å². The zero-order valence-corrected chi connectivity index (χ0v) is 20.3. The molecule has 1 N–H and O–H groups in total. The highest BCUT2D eigenvalue weighted by molar-refractivity contribution is 7.17. The van der Waals surface area contributed by atoms with Crippen molar-refractivity contribution in [3.63, 3.8) is 0 Å². The molecule has 0 aliphatic heterocycles. The number of nitrogens with zero attached hydrogens (tertiary/aromatic N) is 2. The molecule has 1 amide bonds. The van der Waals surface area contributed by atoms with E-state index < -0.39 is 35.7 Å². The lowest BCUT2D eigenvalue weighted by molar-refractivity contribution is -0.142. The van der Waals surface area contributed by atoms with Gasteiger partial charge < -0.3 is 19.4 Å². The van der Waals surface area contributed by atoms with Crippen LogP contribution in [0.3, 0.4) is 0 Å². The van der Waals surface area contributed by atoms with Crippen molar-refractivity contribution < 1.29 is 23.9 Å². The maximum atomic E-state index is 12.5. The Balaban J connectivity index is 1.67. The molecule has 10 nitrogen and oxygen atoms in total. The third kappa shape index (κ3) is 5.53. The molecule has 0 spiro atoms. The first kappa shape index (κ1) is 25.2. The van der Waals surface area contributed by atoms with E-state index in [-0.39, 0.29) is 12.2 Å². The molecule has 1 atom stereocenters. The molecule has 0 fully saturated rings. The maximum Gasteiger partial charge on any atom is 0.341 e. The van der Waals surface area contributed by atoms with Crippen LogP contribution in [0.25, 0.3) is 6.08 Å². The van der Waals surface area contributed by atoms with Crippen LogP contribution in [0.2, 0.25) is 0 Å². The summed E-state index contributed by atoms with van der Waals surface area (Å²) in [5.41, 5.74) is 0.346. The minimum Gasteiger partial charge on any atom is -0.462 e. The summed E-state index contributed by atoms with van der Waals surface area (Å²) in [7, 11) is 2.81. The molecule has 11 heteroatoms. The van der Waals surface area contributed by atoms with E-state index in [1.165, 1.54) is 42.3 Å². The lowest BCUT2D eigenvalue weighted by Crippen LogP contribution is -2.37. The van der Waals surface area contributed by atoms with E-state index in [1.807, 2.05) is 0 Å². The average molecular weight is 490 g/mol. The minimum atomic E-state index is -0.837. The second-order valence-electron chi connectivity index (χ2n) is 8.11. The molecule has 0 saturated carbocycles. The number of fused-ring (bicyclic) bond motifs is 1. The number of carbonyl (C=O) groups is 3. The van der Waals surface area contributed by atoms with E-state index in [0.717, 1.165) is 40.3 Å². The Labute approximate surface area is 199 Å². The lowest BCUT2D eigenvalue weighted by atomic mass is 9.88. The van der Waals surface area contributed by atoms with Crippen molar-refractivity contribution in [2.24, 2.45) is 20.0 Å². The van der Waals surface area contributed by atoms with Gasteiger partial charge in [0.25, 0.3) is 11.5 Å². The van der Waals surface area contributed by atoms with Crippen molar-refractivity contribution in [3.8, 4) is 0 Å². The quantitative estimate of drug-likeness (QED) is 0.463. The molecule has 182 valence electrons. The Bertz CT molecular complexity index is 1270. The van der Waals surface area contributed by atoms with Crippen LogP contribution in [0, 0.1) is 5.92 Å². The molecule has 3 rings (SSSR count). The number of amides is 1. The van der Waals surface area contributed by atoms with Gasteiger partial charge in [-0.05, 0) is 43.7 Å². The summed E-state index contributed by atoms with van der Waals surface area (Å²) >= 11 is 1.34. The topological polar surface area (TPSA) is 126 Å². The summed E-state index contributed by atoms with van der Waals surface area (Å²) < 4.78 is 12.3. The average Bonchev–Trinajstić information content (AvgIpc) is 3.14. The second-order valence-corrected chi connectivity index (χ2v) is 9.21. The Morgan fingerprint density at radius 2 is 1.97 bits per heavy atom. The van der Waals surface area contributed by atoms with Crippen LogP contribution in [0.1, 0.15) is 46.6 Å². The number of aryl methyl sites for hydroxylation is 1. The first-order valence-corrected chi connectivity index (χ1v) is 11.7. The van der Waals surface area contributed by atoms with Crippen LogP contribution in [0.4, 0.5) is 5.00 Å². The molecule has 2 heterocycles. The van der Waals surface area contributed by atoms with Crippen LogP contribution in [-0.4, -0.2) is 40.2 Å². The van der Waals surface area contributed by atoms with Crippen LogP contribution in [0.5, 0.6) is 0 Å². The molecule has 0 radical (unpaired) electrons. The van der Waals surface area contributed by atoms with Gasteiger partial charge in [-0.2, -0.15) is 0 Å². The van der Waals surface area contributed by atoms with Crippen LogP contribution >= 0.6 is 11.3 Å². The molecule has 1 aliphatic carbocycles. The molecular formula is C23H27N3O7S. The summed E-state index contributed by atoms with van der Waals surface area (Å²) in [6.07, 6.45) is 6.04. The number of hydrogen-bond acceptors (Lipinski definition) is 8. The van der Waals surface area contributed by atoms with E-state index in [2.05, 4.69) is 12.2 Å². The zero-order chi connectivity index (χ0) is 25.0. The van der Waals surface area contributed by atoms with Gasteiger partial charge in [-0.1, -0.05) is 6.92 Å².